The summed E-state index contributed by atoms with van der Waals surface area (Å²) in [6.45, 7) is 4.60. The van der Waals surface area contributed by atoms with Gasteiger partial charge in [0.05, 0.1) is 12.1 Å². The molecule has 2 amide bonds. The highest BCUT2D eigenvalue weighted by atomic mass is 19.1. The van der Waals surface area contributed by atoms with Gasteiger partial charge in [-0.1, -0.05) is 66.2 Å². The van der Waals surface area contributed by atoms with Crippen LogP contribution in [-0.4, -0.2) is 47.8 Å². The molecule has 6 heteroatoms. The van der Waals surface area contributed by atoms with Crippen LogP contribution in [0, 0.1) is 12.7 Å². The van der Waals surface area contributed by atoms with E-state index in [4.69, 9.17) is 0 Å². The number of hydrogen-bond acceptors (Lipinski definition) is 4. The van der Waals surface area contributed by atoms with Gasteiger partial charge in [-0.25, -0.2) is 4.39 Å². The zero-order chi connectivity index (χ0) is 23.7. The van der Waals surface area contributed by atoms with Gasteiger partial charge in [0, 0.05) is 37.4 Å². The van der Waals surface area contributed by atoms with Crippen molar-refractivity contribution < 1.29 is 14.0 Å². The van der Waals surface area contributed by atoms with Crippen LogP contribution in [-0.2, 0) is 16.1 Å². The van der Waals surface area contributed by atoms with Crippen LogP contribution in [0.1, 0.15) is 16.7 Å². The number of carbonyl (C=O) groups is 2. The zero-order valence-electron chi connectivity index (χ0n) is 19.1. The second kappa shape index (κ2) is 9.14. The summed E-state index contributed by atoms with van der Waals surface area (Å²) >= 11 is 0. The molecule has 0 N–H and O–H groups in total. The number of rotatable bonds is 5. The first kappa shape index (κ1) is 21.9. The molecular formula is C28H26FN3O2. The van der Waals surface area contributed by atoms with E-state index in [2.05, 4.69) is 17.0 Å². The third kappa shape index (κ3) is 4.07. The van der Waals surface area contributed by atoms with Crippen molar-refractivity contribution >= 4 is 23.1 Å². The van der Waals surface area contributed by atoms with E-state index in [9.17, 15) is 14.0 Å². The van der Waals surface area contributed by atoms with Gasteiger partial charge in [0.15, 0.2) is 0 Å². The van der Waals surface area contributed by atoms with Gasteiger partial charge in [-0.3, -0.25) is 14.5 Å². The largest absolute Gasteiger partial charge is 0.368 e. The van der Waals surface area contributed by atoms with Gasteiger partial charge in [-0.05, 0) is 30.7 Å². The topological polar surface area (TPSA) is 43.9 Å². The number of para-hydroxylation sites is 1. The number of hydrogen-bond donors (Lipinski definition) is 0. The molecule has 2 heterocycles. The molecule has 3 aromatic carbocycles. The summed E-state index contributed by atoms with van der Waals surface area (Å²) in [5, 5.41) is 0. The Bertz CT molecular complexity index is 1250. The van der Waals surface area contributed by atoms with E-state index >= 15 is 0 Å². The highest BCUT2D eigenvalue weighted by molar-refractivity contribution is 6.35. The molecule has 0 saturated carbocycles. The van der Waals surface area contributed by atoms with Gasteiger partial charge in [0.25, 0.3) is 11.8 Å². The number of imide groups is 1. The standard InChI is InChI=1S/C28H26FN3O2/c1-20-11-13-21(14-12-20)25-26(31-17-15-30(16-18-31)23-8-3-2-4-9-23)28(34)32(27(25)33)19-22-7-5-6-10-24(22)29/h2-14H,15-19H2,1H3. The van der Waals surface area contributed by atoms with Gasteiger partial charge in [-0.2, -0.15) is 0 Å². The molecule has 5 rings (SSSR count). The predicted octanol–water partition coefficient (Wildman–Crippen LogP) is 4.24. The number of amides is 2. The number of nitrogens with zero attached hydrogens (tertiary/aromatic N) is 3. The fourth-order valence-electron chi connectivity index (χ4n) is 4.60. The predicted molar refractivity (Wildman–Crippen MR) is 130 cm³/mol. The highest BCUT2D eigenvalue weighted by Crippen LogP contribution is 2.34. The highest BCUT2D eigenvalue weighted by Gasteiger charge is 2.42. The minimum absolute atomic E-state index is 0.0901. The Balaban J connectivity index is 1.46. The second-order valence-corrected chi connectivity index (χ2v) is 8.69. The summed E-state index contributed by atoms with van der Waals surface area (Å²) < 4.78 is 14.3. The quantitative estimate of drug-likeness (QED) is 0.540. The fourth-order valence-corrected chi connectivity index (χ4v) is 4.60. The second-order valence-electron chi connectivity index (χ2n) is 8.69. The Morgan fingerprint density at radius 1 is 0.735 bits per heavy atom. The fraction of sp³-hybridized carbons (Fsp3) is 0.214. The lowest BCUT2D eigenvalue weighted by Crippen LogP contribution is -2.47. The van der Waals surface area contributed by atoms with Crippen molar-refractivity contribution in [3.63, 3.8) is 0 Å². The molecule has 0 aliphatic carbocycles. The van der Waals surface area contributed by atoms with E-state index in [0.717, 1.165) is 24.3 Å². The van der Waals surface area contributed by atoms with Crippen LogP contribution in [0.3, 0.4) is 0 Å². The number of carbonyl (C=O) groups excluding carboxylic acids is 2. The Labute approximate surface area is 198 Å². The van der Waals surface area contributed by atoms with Gasteiger partial charge >= 0.3 is 0 Å². The molecule has 1 saturated heterocycles. The molecule has 3 aromatic rings. The Kier molecular flexibility index (Phi) is 5.88. The van der Waals surface area contributed by atoms with Crippen molar-refractivity contribution in [2.75, 3.05) is 31.1 Å². The zero-order valence-corrected chi connectivity index (χ0v) is 19.1. The Hall–Kier alpha value is -3.93. The van der Waals surface area contributed by atoms with Crippen molar-refractivity contribution in [2.24, 2.45) is 0 Å². The molecule has 5 nitrogen and oxygen atoms in total. The van der Waals surface area contributed by atoms with Crippen LogP contribution in [0.4, 0.5) is 10.1 Å². The third-order valence-corrected chi connectivity index (χ3v) is 6.49. The van der Waals surface area contributed by atoms with Gasteiger partial charge < -0.3 is 9.80 Å². The summed E-state index contributed by atoms with van der Waals surface area (Å²) in [5.74, 6) is -1.17. The normalized spacial score (nSPS) is 16.6. The lowest BCUT2D eigenvalue weighted by molar-refractivity contribution is -0.138. The van der Waals surface area contributed by atoms with E-state index in [1.807, 2.05) is 54.3 Å². The third-order valence-electron chi connectivity index (χ3n) is 6.49. The van der Waals surface area contributed by atoms with E-state index in [-0.39, 0.29) is 18.4 Å². The Morgan fingerprint density at radius 3 is 2.03 bits per heavy atom. The van der Waals surface area contributed by atoms with Crippen molar-refractivity contribution in [3.05, 3.63) is 107 Å². The maximum absolute atomic E-state index is 14.3. The van der Waals surface area contributed by atoms with Crippen LogP contribution in [0.15, 0.2) is 84.6 Å². The van der Waals surface area contributed by atoms with Crippen LogP contribution in [0.5, 0.6) is 0 Å². The summed E-state index contributed by atoms with van der Waals surface area (Å²) in [6, 6.07) is 24.1. The lowest BCUT2D eigenvalue weighted by Gasteiger charge is -2.37. The molecule has 0 atom stereocenters. The van der Waals surface area contributed by atoms with Gasteiger partial charge in [0.2, 0.25) is 0 Å². The lowest BCUT2D eigenvalue weighted by atomic mass is 10.0. The van der Waals surface area contributed by atoms with Crippen molar-refractivity contribution in [1.29, 1.82) is 0 Å². The van der Waals surface area contributed by atoms with Crippen LogP contribution >= 0.6 is 0 Å². The monoisotopic (exact) mass is 455 g/mol. The van der Waals surface area contributed by atoms with Crippen LogP contribution in [0.25, 0.3) is 5.57 Å². The van der Waals surface area contributed by atoms with Crippen LogP contribution < -0.4 is 4.90 Å². The molecule has 1 fully saturated rings. The molecule has 34 heavy (non-hydrogen) atoms. The summed E-state index contributed by atoms with van der Waals surface area (Å²) in [7, 11) is 0. The van der Waals surface area contributed by atoms with E-state index in [1.54, 1.807) is 18.2 Å². The van der Waals surface area contributed by atoms with E-state index < -0.39 is 5.82 Å². The Morgan fingerprint density at radius 2 is 1.35 bits per heavy atom. The van der Waals surface area contributed by atoms with Crippen LogP contribution in [0.2, 0.25) is 0 Å². The molecule has 0 spiro atoms. The SMILES string of the molecule is Cc1ccc(C2=C(N3CCN(c4ccccc4)CC3)C(=O)N(Cc3ccccc3F)C2=O)cc1. The van der Waals surface area contributed by atoms with Gasteiger partial charge in [-0.15, -0.1) is 0 Å². The molecule has 0 radical (unpaired) electrons. The average molecular weight is 456 g/mol. The first-order chi connectivity index (χ1) is 16.5. The smallest absolute Gasteiger partial charge is 0.278 e. The average Bonchev–Trinajstić information content (AvgIpc) is 3.11. The molecular weight excluding hydrogens is 429 g/mol. The molecule has 2 aliphatic rings. The van der Waals surface area contributed by atoms with Crippen molar-refractivity contribution in [2.45, 2.75) is 13.5 Å². The molecule has 2 aliphatic heterocycles. The number of anilines is 1. The van der Waals surface area contributed by atoms with Gasteiger partial charge in [0.1, 0.15) is 11.5 Å². The number of piperazine rings is 1. The minimum Gasteiger partial charge on any atom is -0.368 e. The summed E-state index contributed by atoms with van der Waals surface area (Å²) in [5.41, 5.74) is 4.06. The molecule has 172 valence electrons. The van der Waals surface area contributed by atoms with E-state index in [0.29, 0.717) is 35.5 Å². The maximum Gasteiger partial charge on any atom is 0.278 e. The first-order valence-electron chi connectivity index (χ1n) is 11.5. The molecule has 0 unspecified atom stereocenters. The van der Waals surface area contributed by atoms with E-state index in [1.165, 1.54) is 11.0 Å². The maximum atomic E-state index is 14.3. The van der Waals surface area contributed by atoms with Crippen molar-refractivity contribution in [3.8, 4) is 0 Å². The number of halogens is 1. The molecule has 0 bridgehead atoms. The number of aryl methyl sites for hydroxylation is 1. The summed E-state index contributed by atoms with van der Waals surface area (Å²) in [4.78, 5) is 32.6. The molecule has 0 aromatic heterocycles. The number of benzene rings is 3. The van der Waals surface area contributed by atoms with Crippen molar-refractivity contribution in [1.82, 2.24) is 9.80 Å². The minimum atomic E-state index is -0.426. The summed E-state index contributed by atoms with van der Waals surface area (Å²) in [6.07, 6.45) is 0. The first-order valence-corrected chi connectivity index (χ1v) is 11.5.